The summed E-state index contributed by atoms with van der Waals surface area (Å²) in [6.45, 7) is 10.3. The maximum Gasteiger partial charge on any atom is 0.148 e. The zero-order chi connectivity index (χ0) is 13.1. The highest BCUT2D eigenvalue weighted by molar-refractivity contribution is 7.14. The highest BCUT2D eigenvalue weighted by Crippen LogP contribution is 2.30. The molecule has 0 unspecified atom stereocenters. The molecule has 1 N–H and O–H groups in total. The SMILES string of the molecule is CCNCc1nnc(-c2c(C)cc(C)cc2C)s1. The minimum atomic E-state index is 0.804. The van der Waals surface area contributed by atoms with Gasteiger partial charge in [-0.25, -0.2) is 0 Å². The van der Waals surface area contributed by atoms with Gasteiger partial charge in [0.2, 0.25) is 0 Å². The first-order chi connectivity index (χ1) is 8.61. The van der Waals surface area contributed by atoms with Gasteiger partial charge in [-0.1, -0.05) is 36.0 Å². The fraction of sp³-hybridized carbons (Fsp3) is 0.429. The third kappa shape index (κ3) is 2.76. The van der Waals surface area contributed by atoms with Gasteiger partial charge in [0.1, 0.15) is 10.0 Å². The largest absolute Gasteiger partial charge is 0.311 e. The molecule has 0 atom stereocenters. The molecule has 0 aliphatic carbocycles. The second-order valence-corrected chi connectivity index (χ2v) is 5.62. The van der Waals surface area contributed by atoms with Crippen LogP contribution in [0.5, 0.6) is 0 Å². The normalized spacial score (nSPS) is 10.9. The van der Waals surface area contributed by atoms with E-state index in [2.05, 4.69) is 55.3 Å². The Bertz CT molecular complexity index is 523. The number of nitrogens with one attached hydrogen (secondary N) is 1. The molecular formula is C14H19N3S. The van der Waals surface area contributed by atoms with Crippen molar-refractivity contribution in [3.05, 3.63) is 33.8 Å². The fourth-order valence-electron chi connectivity index (χ4n) is 2.18. The summed E-state index contributed by atoms with van der Waals surface area (Å²) in [4.78, 5) is 0. The molecule has 0 spiro atoms. The molecule has 0 saturated heterocycles. The number of benzene rings is 1. The van der Waals surface area contributed by atoms with Crippen LogP contribution in [0.4, 0.5) is 0 Å². The van der Waals surface area contributed by atoms with Crippen molar-refractivity contribution in [3.8, 4) is 10.6 Å². The number of nitrogens with zero attached hydrogens (tertiary/aromatic N) is 2. The Hall–Kier alpha value is -1.26. The van der Waals surface area contributed by atoms with Crippen LogP contribution in [0.15, 0.2) is 12.1 Å². The molecule has 4 heteroatoms. The maximum atomic E-state index is 4.32. The van der Waals surface area contributed by atoms with Crippen LogP contribution in [0.25, 0.3) is 10.6 Å². The van der Waals surface area contributed by atoms with E-state index in [1.165, 1.54) is 22.3 Å². The average molecular weight is 261 g/mol. The van der Waals surface area contributed by atoms with Gasteiger partial charge in [0.15, 0.2) is 0 Å². The Morgan fingerprint density at radius 2 is 1.78 bits per heavy atom. The molecule has 0 bridgehead atoms. The van der Waals surface area contributed by atoms with Crippen LogP contribution in [0.1, 0.15) is 28.6 Å². The second kappa shape index (κ2) is 5.59. The van der Waals surface area contributed by atoms with E-state index in [1.54, 1.807) is 11.3 Å². The lowest BCUT2D eigenvalue weighted by Gasteiger charge is -2.07. The molecule has 3 nitrogen and oxygen atoms in total. The molecular weight excluding hydrogens is 242 g/mol. The summed E-state index contributed by atoms with van der Waals surface area (Å²) in [7, 11) is 0. The molecule has 0 amide bonds. The van der Waals surface area contributed by atoms with Crippen molar-refractivity contribution >= 4 is 11.3 Å². The number of hydrogen-bond acceptors (Lipinski definition) is 4. The van der Waals surface area contributed by atoms with Gasteiger partial charge >= 0.3 is 0 Å². The van der Waals surface area contributed by atoms with Gasteiger partial charge in [-0.3, -0.25) is 0 Å². The van der Waals surface area contributed by atoms with Gasteiger partial charge in [-0.2, -0.15) is 0 Å². The number of aryl methyl sites for hydroxylation is 3. The van der Waals surface area contributed by atoms with Gasteiger partial charge in [0.25, 0.3) is 0 Å². The van der Waals surface area contributed by atoms with Crippen molar-refractivity contribution in [2.24, 2.45) is 0 Å². The van der Waals surface area contributed by atoms with Crippen LogP contribution in [0.3, 0.4) is 0 Å². The minimum absolute atomic E-state index is 0.804. The van der Waals surface area contributed by atoms with E-state index in [9.17, 15) is 0 Å². The minimum Gasteiger partial charge on any atom is -0.311 e. The topological polar surface area (TPSA) is 37.8 Å². The molecule has 2 rings (SSSR count). The van der Waals surface area contributed by atoms with Gasteiger partial charge in [0.05, 0.1) is 0 Å². The van der Waals surface area contributed by atoms with Crippen molar-refractivity contribution in [3.63, 3.8) is 0 Å². The lowest BCUT2D eigenvalue weighted by Crippen LogP contribution is -2.11. The maximum absolute atomic E-state index is 4.32. The Kier molecular flexibility index (Phi) is 4.09. The van der Waals surface area contributed by atoms with E-state index in [4.69, 9.17) is 0 Å². The quantitative estimate of drug-likeness (QED) is 0.918. The molecule has 1 heterocycles. The average Bonchev–Trinajstić information content (AvgIpc) is 2.73. The summed E-state index contributed by atoms with van der Waals surface area (Å²) in [5, 5.41) is 13.9. The van der Waals surface area contributed by atoms with E-state index >= 15 is 0 Å². The Labute approximate surface area is 112 Å². The van der Waals surface area contributed by atoms with Gasteiger partial charge in [-0.15, -0.1) is 10.2 Å². The van der Waals surface area contributed by atoms with Crippen LogP contribution in [0, 0.1) is 20.8 Å². The zero-order valence-electron chi connectivity index (χ0n) is 11.4. The van der Waals surface area contributed by atoms with Crippen LogP contribution >= 0.6 is 11.3 Å². The Balaban J connectivity index is 2.34. The van der Waals surface area contributed by atoms with E-state index in [-0.39, 0.29) is 0 Å². The Morgan fingerprint density at radius 1 is 1.11 bits per heavy atom. The molecule has 0 radical (unpaired) electrons. The summed E-state index contributed by atoms with van der Waals surface area (Å²) in [5.74, 6) is 0. The third-order valence-corrected chi connectivity index (χ3v) is 3.82. The summed E-state index contributed by atoms with van der Waals surface area (Å²) in [6.07, 6.45) is 0. The highest BCUT2D eigenvalue weighted by Gasteiger charge is 2.11. The summed E-state index contributed by atoms with van der Waals surface area (Å²) >= 11 is 1.68. The monoisotopic (exact) mass is 261 g/mol. The van der Waals surface area contributed by atoms with E-state index in [1.807, 2.05) is 0 Å². The van der Waals surface area contributed by atoms with Crippen molar-refractivity contribution in [2.45, 2.75) is 34.2 Å². The molecule has 96 valence electrons. The van der Waals surface area contributed by atoms with Crippen LogP contribution < -0.4 is 5.32 Å². The first kappa shape index (κ1) is 13.2. The molecule has 0 aliphatic rings. The van der Waals surface area contributed by atoms with Crippen LogP contribution in [-0.2, 0) is 6.54 Å². The van der Waals surface area contributed by atoms with Crippen LogP contribution in [0.2, 0.25) is 0 Å². The molecule has 0 aliphatic heterocycles. The molecule has 0 fully saturated rings. The summed E-state index contributed by atoms with van der Waals surface area (Å²) in [6, 6.07) is 4.40. The smallest absolute Gasteiger partial charge is 0.148 e. The lowest BCUT2D eigenvalue weighted by molar-refractivity contribution is 0.715. The first-order valence-electron chi connectivity index (χ1n) is 6.23. The van der Waals surface area contributed by atoms with E-state index in [0.717, 1.165) is 23.1 Å². The number of rotatable bonds is 4. The number of hydrogen-bond donors (Lipinski definition) is 1. The molecule has 1 aromatic carbocycles. The van der Waals surface area contributed by atoms with Crippen molar-refractivity contribution in [2.75, 3.05) is 6.54 Å². The molecule has 18 heavy (non-hydrogen) atoms. The molecule has 0 saturated carbocycles. The van der Waals surface area contributed by atoms with Crippen molar-refractivity contribution < 1.29 is 0 Å². The van der Waals surface area contributed by atoms with Crippen molar-refractivity contribution in [1.29, 1.82) is 0 Å². The van der Waals surface area contributed by atoms with Gasteiger partial charge in [0, 0.05) is 12.1 Å². The Morgan fingerprint density at radius 3 is 2.39 bits per heavy atom. The third-order valence-electron chi connectivity index (χ3n) is 2.88. The fourth-order valence-corrected chi connectivity index (χ4v) is 3.16. The highest BCUT2D eigenvalue weighted by atomic mass is 32.1. The van der Waals surface area contributed by atoms with Crippen molar-refractivity contribution in [1.82, 2.24) is 15.5 Å². The lowest BCUT2D eigenvalue weighted by atomic mass is 10.0. The number of aromatic nitrogens is 2. The zero-order valence-corrected chi connectivity index (χ0v) is 12.2. The van der Waals surface area contributed by atoms with Gasteiger partial charge < -0.3 is 5.32 Å². The summed E-state index contributed by atoms with van der Waals surface area (Å²) in [5.41, 5.74) is 5.09. The molecule has 1 aromatic heterocycles. The molecule has 2 aromatic rings. The first-order valence-corrected chi connectivity index (χ1v) is 7.04. The predicted octanol–water partition coefficient (Wildman–Crippen LogP) is 3.24. The van der Waals surface area contributed by atoms with Crippen LogP contribution in [-0.4, -0.2) is 16.7 Å². The standard InChI is InChI=1S/C14H19N3S/c1-5-15-8-12-16-17-14(18-12)13-10(3)6-9(2)7-11(13)4/h6-7,15H,5,8H2,1-4H3. The summed E-state index contributed by atoms with van der Waals surface area (Å²) < 4.78 is 0. The second-order valence-electron chi connectivity index (χ2n) is 4.56. The predicted molar refractivity (Wildman–Crippen MR) is 76.9 cm³/mol. The van der Waals surface area contributed by atoms with E-state index < -0.39 is 0 Å². The van der Waals surface area contributed by atoms with Gasteiger partial charge in [-0.05, 0) is 38.4 Å². The van der Waals surface area contributed by atoms with E-state index in [0.29, 0.717) is 0 Å².